The van der Waals surface area contributed by atoms with Crippen molar-refractivity contribution in [1.82, 2.24) is 19.7 Å². The summed E-state index contributed by atoms with van der Waals surface area (Å²) in [6, 6.07) is 11.0. The summed E-state index contributed by atoms with van der Waals surface area (Å²) < 4.78 is 21.3. The Morgan fingerprint density at radius 3 is 2.68 bits per heavy atom. The smallest absolute Gasteiger partial charge is 0.354 e. The fourth-order valence-electron chi connectivity index (χ4n) is 6.85. The molecule has 1 saturated heterocycles. The van der Waals surface area contributed by atoms with Crippen LogP contribution in [-0.2, 0) is 9.53 Å². The molecule has 2 aromatic carbocycles. The molecule has 2 atom stereocenters. The quantitative estimate of drug-likeness (QED) is 0.224. The number of aromatic nitrogens is 3. The normalized spacial score (nSPS) is 19.0. The number of fused-ring (bicyclic) bond motifs is 1. The molecule has 2 aromatic heterocycles. The van der Waals surface area contributed by atoms with Crippen LogP contribution in [0.5, 0.6) is 0 Å². The third-order valence-corrected chi connectivity index (χ3v) is 9.30. The van der Waals surface area contributed by atoms with Gasteiger partial charge < -0.3 is 19.9 Å². The molecule has 44 heavy (non-hydrogen) atoms. The largest absolute Gasteiger partial charge is 0.461 e. The van der Waals surface area contributed by atoms with Crippen LogP contribution in [-0.4, -0.2) is 56.6 Å². The highest BCUT2D eigenvalue weighted by atomic mass is 35.5. The van der Waals surface area contributed by atoms with E-state index in [4.69, 9.17) is 16.3 Å². The van der Waals surface area contributed by atoms with Gasteiger partial charge in [-0.25, -0.2) is 13.9 Å². The summed E-state index contributed by atoms with van der Waals surface area (Å²) in [4.78, 5) is 45.1. The fourth-order valence-corrected chi connectivity index (χ4v) is 7.02. The minimum atomic E-state index is -0.673. The molecule has 2 amide bonds. The van der Waals surface area contributed by atoms with Crippen LogP contribution in [0.15, 0.2) is 48.7 Å². The first-order valence-corrected chi connectivity index (χ1v) is 15.5. The Morgan fingerprint density at radius 2 is 1.91 bits per heavy atom. The number of anilines is 1. The van der Waals surface area contributed by atoms with Gasteiger partial charge in [-0.2, -0.15) is 5.10 Å². The van der Waals surface area contributed by atoms with Gasteiger partial charge in [0.2, 0.25) is 5.91 Å². The number of nitrogens with zero attached hydrogens (tertiary/aromatic N) is 3. The van der Waals surface area contributed by atoms with Crippen molar-refractivity contribution in [2.45, 2.75) is 58.4 Å². The minimum absolute atomic E-state index is 0.0198. The van der Waals surface area contributed by atoms with Crippen LogP contribution >= 0.6 is 11.6 Å². The third kappa shape index (κ3) is 5.58. The molecule has 2 fully saturated rings. The highest BCUT2D eigenvalue weighted by Gasteiger charge is 2.46. The van der Waals surface area contributed by atoms with Crippen LogP contribution in [0.25, 0.3) is 16.6 Å². The van der Waals surface area contributed by atoms with Crippen LogP contribution in [0, 0.1) is 24.6 Å². The van der Waals surface area contributed by atoms with Gasteiger partial charge in [0.1, 0.15) is 17.4 Å². The van der Waals surface area contributed by atoms with Gasteiger partial charge in [0.25, 0.3) is 5.91 Å². The summed E-state index contributed by atoms with van der Waals surface area (Å²) in [5.74, 6) is -1.26. The molecular weight excluding hydrogens is 585 g/mol. The van der Waals surface area contributed by atoms with Gasteiger partial charge in [-0.15, -0.1) is 0 Å². The molecule has 4 aromatic rings. The second kappa shape index (κ2) is 12.4. The molecule has 1 aliphatic heterocycles. The van der Waals surface area contributed by atoms with Crippen molar-refractivity contribution < 1.29 is 23.5 Å². The molecule has 1 saturated carbocycles. The molecule has 0 radical (unpaired) electrons. The van der Waals surface area contributed by atoms with E-state index >= 15 is 0 Å². The fraction of sp³-hybridized carbons (Fsp3) is 0.394. The Morgan fingerprint density at radius 1 is 1.11 bits per heavy atom. The molecule has 3 heterocycles. The number of ether oxygens (including phenoxy) is 1. The topological polar surface area (TPSA) is 109 Å². The molecule has 1 aliphatic carbocycles. The first kappa shape index (κ1) is 29.9. The van der Waals surface area contributed by atoms with E-state index in [1.54, 1.807) is 55.1 Å². The molecule has 11 heteroatoms. The van der Waals surface area contributed by atoms with E-state index in [1.807, 2.05) is 0 Å². The first-order valence-electron chi connectivity index (χ1n) is 15.2. The number of amides is 2. The zero-order chi connectivity index (χ0) is 31.0. The second-order valence-corrected chi connectivity index (χ2v) is 12.0. The van der Waals surface area contributed by atoms with E-state index in [2.05, 4.69) is 15.4 Å². The minimum Gasteiger partial charge on any atom is -0.461 e. The Kier molecular flexibility index (Phi) is 8.44. The number of H-pyrrole nitrogens is 1. The number of hydrogen-bond donors (Lipinski definition) is 2. The van der Waals surface area contributed by atoms with E-state index < -0.39 is 17.8 Å². The maximum Gasteiger partial charge on any atom is 0.354 e. The van der Waals surface area contributed by atoms with Gasteiger partial charge in [-0.05, 0) is 68.5 Å². The van der Waals surface area contributed by atoms with E-state index in [1.165, 1.54) is 23.4 Å². The molecule has 0 bridgehead atoms. The molecule has 2 aliphatic rings. The van der Waals surface area contributed by atoms with E-state index in [0.717, 1.165) is 43.0 Å². The highest BCUT2D eigenvalue weighted by molar-refractivity contribution is 6.30. The van der Waals surface area contributed by atoms with Gasteiger partial charge in [-0.3, -0.25) is 9.59 Å². The van der Waals surface area contributed by atoms with Crippen molar-refractivity contribution in [1.29, 1.82) is 0 Å². The lowest BCUT2D eigenvalue weighted by molar-refractivity contribution is -0.121. The number of halogens is 2. The van der Waals surface area contributed by atoms with Crippen molar-refractivity contribution in [3.8, 4) is 5.69 Å². The lowest BCUT2D eigenvalue weighted by atomic mass is 9.76. The first-order chi connectivity index (χ1) is 21.3. The number of aromatic amines is 1. The second-order valence-electron chi connectivity index (χ2n) is 11.6. The molecule has 2 N–H and O–H groups in total. The number of esters is 1. The zero-order valence-corrected chi connectivity index (χ0v) is 25.5. The van der Waals surface area contributed by atoms with Crippen molar-refractivity contribution >= 4 is 46.0 Å². The number of hydrogen-bond acceptors (Lipinski definition) is 5. The zero-order valence-electron chi connectivity index (χ0n) is 24.7. The maximum absolute atomic E-state index is 14.8. The predicted octanol–water partition coefficient (Wildman–Crippen LogP) is 6.68. The maximum atomic E-state index is 14.8. The Labute approximate surface area is 259 Å². The van der Waals surface area contributed by atoms with Crippen LogP contribution < -0.4 is 5.32 Å². The van der Waals surface area contributed by atoms with Gasteiger partial charge in [0, 0.05) is 23.1 Å². The summed E-state index contributed by atoms with van der Waals surface area (Å²) in [6.45, 7) is 4.17. The van der Waals surface area contributed by atoms with Crippen LogP contribution in [0.2, 0.25) is 5.02 Å². The van der Waals surface area contributed by atoms with Crippen molar-refractivity contribution in [2.24, 2.45) is 11.8 Å². The van der Waals surface area contributed by atoms with E-state index in [0.29, 0.717) is 35.1 Å². The summed E-state index contributed by atoms with van der Waals surface area (Å²) in [5, 5.41) is 8.09. The van der Waals surface area contributed by atoms with Crippen LogP contribution in [0.3, 0.4) is 0 Å². The molecule has 6 rings (SSSR count). The highest BCUT2D eigenvalue weighted by Crippen LogP contribution is 2.40. The Hall–Kier alpha value is -4.18. The van der Waals surface area contributed by atoms with Crippen molar-refractivity contribution in [2.75, 3.05) is 18.5 Å². The number of carbonyl (C=O) groups excluding carboxylic acids is 3. The molecule has 230 valence electrons. The molecular formula is C33H35ClFN5O4. The van der Waals surface area contributed by atoms with Gasteiger partial charge in [0.05, 0.1) is 29.1 Å². The van der Waals surface area contributed by atoms with Crippen molar-refractivity contribution in [3.05, 3.63) is 76.5 Å². The Bertz CT molecular complexity index is 1730. The Balaban J connectivity index is 1.29. The standard InChI is InChI=1S/C33H35ClFN5O4/c1-3-44-33(43)27-17-21-16-22(12-13-26(21)38-27)37-31(41)30-23(20-8-5-4-6-9-20)14-15-39(30)32(42)24-18-36-40(19(24)2)28-11-7-10-25(34)29(28)35/h7,10-13,16-18,20,23,30,38H,3-6,8-9,14-15H2,1-2H3,(H,37,41)/t23-,30-/m0/s1. The summed E-state index contributed by atoms with van der Waals surface area (Å²) in [7, 11) is 0. The number of rotatable bonds is 7. The van der Waals surface area contributed by atoms with E-state index in [9.17, 15) is 18.8 Å². The van der Waals surface area contributed by atoms with Gasteiger partial charge >= 0.3 is 5.97 Å². The van der Waals surface area contributed by atoms with Gasteiger partial charge in [0.15, 0.2) is 5.82 Å². The molecule has 9 nitrogen and oxygen atoms in total. The van der Waals surface area contributed by atoms with E-state index in [-0.39, 0.29) is 35.0 Å². The van der Waals surface area contributed by atoms with Crippen molar-refractivity contribution in [3.63, 3.8) is 0 Å². The molecule has 0 unspecified atom stereocenters. The number of nitrogens with one attached hydrogen (secondary N) is 2. The molecule has 0 spiro atoms. The average Bonchev–Trinajstić information content (AvgIpc) is 3.75. The lowest BCUT2D eigenvalue weighted by Gasteiger charge is -2.33. The van der Waals surface area contributed by atoms with Crippen LogP contribution in [0.1, 0.15) is 72.0 Å². The summed E-state index contributed by atoms with van der Waals surface area (Å²) in [5.41, 5.74) is 2.57. The number of likely N-dealkylation sites (tertiary alicyclic amines) is 1. The summed E-state index contributed by atoms with van der Waals surface area (Å²) in [6.07, 6.45) is 7.65. The van der Waals surface area contributed by atoms with Crippen LogP contribution in [0.4, 0.5) is 10.1 Å². The predicted molar refractivity (Wildman–Crippen MR) is 166 cm³/mol. The average molecular weight is 620 g/mol. The third-order valence-electron chi connectivity index (χ3n) is 9.01. The lowest BCUT2D eigenvalue weighted by Crippen LogP contribution is -2.47. The SMILES string of the molecule is CCOC(=O)c1cc2cc(NC(=O)[C@@H]3[C@H](C4CCCCC4)CCN3C(=O)c3cnn(-c4cccc(Cl)c4F)c3C)ccc2[nH]1. The monoisotopic (exact) mass is 619 g/mol. The number of carbonyl (C=O) groups is 3. The summed E-state index contributed by atoms with van der Waals surface area (Å²) >= 11 is 6.00. The number of benzene rings is 2. The van der Waals surface area contributed by atoms with Gasteiger partial charge in [-0.1, -0.05) is 49.8 Å².